The van der Waals surface area contributed by atoms with Crippen molar-refractivity contribution in [3.63, 3.8) is 0 Å². The predicted molar refractivity (Wildman–Crippen MR) is 62.8 cm³/mol. The fraction of sp³-hybridized carbons (Fsp3) is 0.769. The average Bonchev–Trinajstić information content (AvgIpc) is 2.25. The molecule has 16 heavy (non-hydrogen) atoms. The molecular weight excluding hydrogens is 204 g/mol. The highest BCUT2D eigenvalue weighted by molar-refractivity contribution is 5.65. The van der Waals surface area contributed by atoms with Crippen LogP contribution in [0.1, 0.15) is 39.5 Å². The molecule has 1 saturated carbocycles. The maximum Gasteiger partial charge on any atom is 0.302 e. The second-order valence-corrected chi connectivity index (χ2v) is 4.70. The maximum atomic E-state index is 10.7. The molecule has 1 fully saturated rings. The van der Waals surface area contributed by atoms with E-state index in [1.807, 2.05) is 6.92 Å². The zero-order valence-electron chi connectivity index (χ0n) is 10.3. The number of carbonyl (C=O) groups is 1. The smallest absolute Gasteiger partial charge is 0.302 e. The Kier molecular flexibility index (Phi) is 5.36. The lowest BCUT2D eigenvalue weighted by Gasteiger charge is -2.27. The summed E-state index contributed by atoms with van der Waals surface area (Å²) in [5, 5.41) is 0. The van der Waals surface area contributed by atoms with E-state index in [-0.39, 0.29) is 5.97 Å². The largest absolute Gasteiger partial charge is 0.499 e. The van der Waals surface area contributed by atoms with Gasteiger partial charge in [0.05, 0.1) is 19.0 Å². The molecule has 0 aromatic heterocycles. The van der Waals surface area contributed by atoms with E-state index in [1.165, 1.54) is 19.8 Å². The van der Waals surface area contributed by atoms with E-state index in [4.69, 9.17) is 9.47 Å². The van der Waals surface area contributed by atoms with Crippen LogP contribution in [0.4, 0.5) is 0 Å². The molecule has 0 unspecified atom stereocenters. The lowest BCUT2D eigenvalue weighted by atomic mass is 9.83. The van der Waals surface area contributed by atoms with Gasteiger partial charge in [0.15, 0.2) is 0 Å². The quantitative estimate of drug-likeness (QED) is 0.534. The standard InChI is InChI=1S/C13H22O3/c1-10(2)15-8-12-4-6-13(7-5-12)9-16-11(3)14/h12-13H,1,4-9H2,2-3H3/t12-,13+. The molecule has 0 N–H and O–H groups in total. The molecule has 0 amide bonds. The van der Waals surface area contributed by atoms with Crippen molar-refractivity contribution in [2.45, 2.75) is 39.5 Å². The molecule has 1 aliphatic carbocycles. The first kappa shape index (κ1) is 13.1. The molecule has 3 nitrogen and oxygen atoms in total. The number of hydrogen-bond donors (Lipinski definition) is 0. The summed E-state index contributed by atoms with van der Waals surface area (Å²) in [4.78, 5) is 10.7. The second-order valence-electron chi connectivity index (χ2n) is 4.70. The average molecular weight is 226 g/mol. The summed E-state index contributed by atoms with van der Waals surface area (Å²) in [5.74, 6) is 1.81. The van der Waals surface area contributed by atoms with Crippen LogP contribution in [0.5, 0.6) is 0 Å². The first-order valence-corrected chi connectivity index (χ1v) is 5.99. The van der Waals surface area contributed by atoms with E-state index in [1.54, 1.807) is 0 Å². The molecule has 0 heterocycles. The first-order chi connectivity index (χ1) is 7.58. The highest BCUT2D eigenvalue weighted by atomic mass is 16.5. The molecule has 0 aromatic carbocycles. The van der Waals surface area contributed by atoms with Crippen LogP contribution in [0.15, 0.2) is 12.3 Å². The van der Waals surface area contributed by atoms with Crippen LogP contribution in [0.25, 0.3) is 0 Å². The van der Waals surface area contributed by atoms with Gasteiger partial charge in [-0.05, 0) is 44.4 Å². The summed E-state index contributed by atoms with van der Waals surface area (Å²) in [6.07, 6.45) is 4.60. The Hall–Kier alpha value is -0.990. The predicted octanol–water partition coefficient (Wildman–Crippen LogP) is 2.91. The van der Waals surface area contributed by atoms with Gasteiger partial charge >= 0.3 is 5.97 Å². The van der Waals surface area contributed by atoms with Crippen molar-refractivity contribution in [2.75, 3.05) is 13.2 Å². The van der Waals surface area contributed by atoms with E-state index >= 15 is 0 Å². The molecule has 0 atom stereocenters. The molecule has 1 rings (SSSR count). The lowest BCUT2D eigenvalue weighted by Crippen LogP contribution is -2.22. The van der Waals surface area contributed by atoms with Crippen LogP contribution in [0.2, 0.25) is 0 Å². The van der Waals surface area contributed by atoms with Gasteiger partial charge in [0, 0.05) is 6.92 Å². The van der Waals surface area contributed by atoms with Gasteiger partial charge in [-0.25, -0.2) is 0 Å². The first-order valence-electron chi connectivity index (χ1n) is 5.99. The van der Waals surface area contributed by atoms with Crippen LogP contribution in [-0.2, 0) is 14.3 Å². The molecule has 0 aliphatic heterocycles. The second kappa shape index (κ2) is 6.56. The van der Waals surface area contributed by atoms with Gasteiger partial charge in [-0.2, -0.15) is 0 Å². The van der Waals surface area contributed by atoms with Crippen LogP contribution < -0.4 is 0 Å². The van der Waals surface area contributed by atoms with Gasteiger partial charge in [0.2, 0.25) is 0 Å². The third-order valence-electron chi connectivity index (χ3n) is 3.05. The number of allylic oxidation sites excluding steroid dienone is 1. The SMILES string of the molecule is C=C(C)OC[C@H]1CC[C@@H](COC(C)=O)CC1. The number of hydrogen-bond acceptors (Lipinski definition) is 3. The van der Waals surface area contributed by atoms with Crippen molar-refractivity contribution in [3.8, 4) is 0 Å². The Bertz CT molecular complexity index is 214. The number of rotatable bonds is 5. The minimum Gasteiger partial charge on any atom is -0.499 e. The number of esters is 1. The van der Waals surface area contributed by atoms with Gasteiger partial charge in [-0.1, -0.05) is 6.58 Å². The minimum absolute atomic E-state index is 0.173. The van der Waals surface area contributed by atoms with E-state index in [9.17, 15) is 4.79 Å². The Labute approximate surface area is 97.8 Å². The monoisotopic (exact) mass is 226 g/mol. The third kappa shape index (κ3) is 5.19. The van der Waals surface area contributed by atoms with E-state index in [0.717, 1.165) is 25.2 Å². The zero-order chi connectivity index (χ0) is 12.0. The van der Waals surface area contributed by atoms with Crippen molar-refractivity contribution in [1.82, 2.24) is 0 Å². The van der Waals surface area contributed by atoms with Gasteiger partial charge in [0.1, 0.15) is 0 Å². The molecule has 0 radical (unpaired) electrons. The summed E-state index contributed by atoms with van der Waals surface area (Å²) in [7, 11) is 0. The fourth-order valence-electron chi connectivity index (χ4n) is 2.06. The van der Waals surface area contributed by atoms with Crippen molar-refractivity contribution >= 4 is 5.97 Å². The van der Waals surface area contributed by atoms with E-state index in [2.05, 4.69) is 6.58 Å². The Morgan fingerprint density at radius 3 is 1.88 bits per heavy atom. The molecule has 1 aliphatic rings. The lowest BCUT2D eigenvalue weighted by molar-refractivity contribution is -0.142. The van der Waals surface area contributed by atoms with Gasteiger partial charge in [-0.3, -0.25) is 4.79 Å². The fourth-order valence-corrected chi connectivity index (χ4v) is 2.06. The summed E-state index contributed by atoms with van der Waals surface area (Å²) >= 11 is 0. The van der Waals surface area contributed by atoms with Gasteiger partial charge in [0.25, 0.3) is 0 Å². The Morgan fingerprint density at radius 1 is 1.06 bits per heavy atom. The molecule has 0 spiro atoms. The number of carbonyl (C=O) groups excluding carboxylic acids is 1. The van der Waals surface area contributed by atoms with Crippen LogP contribution in [-0.4, -0.2) is 19.2 Å². The van der Waals surface area contributed by atoms with Crippen molar-refractivity contribution < 1.29 is 14.3 Å². The third-order valence-corrected chi connectivity index (χ3v) is 3.05. The Morgan fingerprint density at radius 2 is 1.50 bits per heavy atom. The molecular formula is C13H22O3. The highest BCUT2D eigenvalue weighted by Crippen LogP contribution is 2.29. The van der Waals surface area contributed by atoms with E-state index in [0.29, 0.717) is 18.4 Å². The zero-order valence-corrected chi connectivity index (χ0v) is 10.3. The summed E-state index contributed by atoms with van der Waals surface area (Å²) in [5.41, 5.74) is 0. The van der Waals surface area contributed by atoms with Crippen molar-refractivity contribution in [2.24, 2.45) is 11.8 Å². The van der Waals surface area contributed by atoms with Gasteiger partial charge < -0.3 is 9.47 Å². The van der Waals surface area contributed by atoms with Gasteiger partial charge in [-0.15, -0.1) is 0 Å². The van der Waals surface area contributed by atoms with Crippen LogP contribution in [0, 0.1) is 11.8 Å². The molecule has 0 aromatic rings. The molecule has 3 heteroatoms. The topological polar surface area (TPSA) is 35.5 Å². The summed E-state index contributed by atoms with van der Waals surface area (Å²) < 4.78 is 10.5. The van der Waals surface area contributed by atoms with Crippen LogP contribution >= 0.6 is 0 Å². The molecule has 0 bridgehead atoms. The number of ether oxygens (including phenoxy) is 2. The summed E-state index contributed by atoms with van der Waals surface area (Å²) in [6.45, 7) is 8.44. The normalized spacial score (nSPS) is 24.9. The Balaban J connectivity index is 2.13. The molecule has 0 saturated heterocycles. The van der Waals surface area contributed by atoms with E-state index < -0.39 is 0 Å². The van der Waals surface area contributed by atoms with Crippen molar-refractivity contribution in [1.29, 1.82) is 0 Å². The minimum atomic E-state index is -0.173. The summed E-state index contributed by atoms with van der Waals surface area (Å²) in [6, 6.07) is 0. The van der Waals surface area contributed by atoms with Crippen LogP contribution in [0.3, 0.4) is 0 Å². The maximum absolute atomic E-state index is 10.7. The molecule has 92 valence electrons. The highest BCUT2D eigenvalue weighted by Gasteiger charge is 2.22. The van der Waals surface area contributed by atoms with Crippen molar-refractivity contribution in [3.05, 3.63) is 12.3 Å².